The Morgan fingerprint density at radius 2 is 1.65 bits per heavy atom. The first-order valence-electron chi connectivity index (χ1n) is 8.02. The minimum atomic E-state index is -4.37. The summed E-state index contributed by atoms with van der Waals surface area (Å²) in [6, 6.07) is 2.50. The molecule has 1 saturated heterocycles. The highest BCUT2D eigenvalue weighted by Crippen LogP contribution is 2.40. The molecule has 1 aliphatic carbocycles. The fraction of sp³-hybridized carbons (Fsp3) is 0.647. The van der Waals surface area contributed by atoms with Gasteiger partial charge in [-0.2, -0.15) is 13.2 Å². The average molecular weight is 326 g/mol. The monoisotopic (exact) mass is 326 g/mol. The minimum absolute atomic E-state index is 0.133. The van der Waals surface area contributed by atoms with Crippen LogP contribution in [-0.4, -0.2) is 18.3 Å². The predicted molar refractivity (Wildman–Crippen MR) is 83.9 cm³/mol. The van der Waals surface area contributed by atoms with Gasteiger partial charge in [-0.3, -0.25) is 0 Å². The molecule has 0 spiro atoms. The zero-order chi connectivity index (χ0) is 17.2. The maximum Gasteiger partial charge on any atom is 0.495 e. The standard InChI is InChI=1S/C17H22BF3O2/c1-10-6-7-12-13(10)8-11(17(19,20)21)9-14(12)18-22-15(2,3)16(4,5)23-18/h8-10H,6-7H2,1-5H3/t10-/m1/s1. The zero-order valence-corrected chi connectivity index (χ0v) is 14.2. The Hall–Kier alpha value is -1.01. The van der Waals surface area contributed by atoms with Crippen LogP contribution >= 0.6 is 0 Å². The molecule has 2 aliphatic rings. The average Bonchev–Trinajstić information content (AvgIpc) is 2.86. The first kappa shape index (κ1) is 16.8. The summed E-state index contributed by atoms with van der Waals surface area (Å²) < 4.78 is 51.8. The summed E-state index contributed by atoms with van der Waals surface area (Å²) >= 11 is 0. The third-order valence-electron chi connectivity index (χ3n) is 5.51. The van der Waals surface area contributed by atoms with E-state index in [1.807, 2.05) is 34.6 Å². The van der Waals surface area contributed by atoms with Crippen LogP contribution in [0.4, 0.5) is 13.2 Å². The first-order chi connectivity index (χ1) is 10.4. The van der Waals surface area contributed by atoms with Gasteiger partial charge in [-0.25, -0.2) is 0 Å². The largest absolute Gasteiger partial charge is 0.495 e. The maximum atomic E-state index is 13.3. The van der Waals surface area contributed by atoms with E-state index in [2.05, 4.69) is 0 Å². The van der Waals surface area contributed by atoms with Gasteiger partial charge in [0, 0.05) is 0 Å². The van der Waals surface area contributed by atoms with E-state index in [1.54, 1.807) is 0 Å². The van der Waals surface area contributed by atoms with E-state index in [1.165, 1.54) is 12.1 Å². The first-order valence-corrected chi connectivity index (χ1v) is 8.02. The summed E-state index contributed by atoms with van der Waals surface area (Å²) in [7, 11) is -0.749. The lowest BCUT2D eigenvalue weighted by Crippen LogP contribution is -2.41. The molecule has 1 aromatic carbocycles. The molecule has 0 aromatic heterocycles. The van der Waals surface area contributed by atoms with Crippen molar-refractivity contribution >= 4 is 12.6 Å². The highest BCUT2D eigenvalue weighted by Gasteiger charge is 2.53. The summed E-state index contributed by atoms with van der Waals surface area (Å²) in [4.78, 5) is 0. The molecule has 23 heavy (non-hydrogen) atoms. The smallest absolute Gasteiger partial charge is 0.399 e. The third kappa shape index (κ3) is 2.70. The van der Waals surface area contributed by atoms with Crippen LogP contribution in [0.1, 0.15) is 63.6 Å². The van der Waals surface area contributed by atoms with Gasteiger partial charge < -0.3 is 9.31 Å². The van der Waals surface area contributed by atoms with Crippen molar-refractivity contribution in [3.8, 4) is 0 Å². The van der Waals surface area contributed by atoms with E-state index in [-0.39, 0.29) is 5.92 Å². The Kier molecular flexibility index (Phi) is 3.66. The molecule has 0 radical (unpaired) electrons. The van der Waals surface area contributed by atoms with Gasteiger partial charge in [0.2, 0.25) is 0 Å². The predicted octanol–water partition coefficient (Wildman–Crippen LogP) is 4.05. The molecule has 3 rings (SSSR count). The Labute approximate surface area is 135 Å². The second-order valence-electron chi connectivity index (χ2n) is 7.66. The minimum Gasteiger partial charge on any atom is -0.399 e. The van der Waals surface area contributed by atoms with Gasteiger partial charge >= 0.3 is 13.3 Å². The van der Waals surface area contributed by atoms with E-state index in [4.69, 9.17) is 9.31 Å². The molecule has 0 bridgehead atoms. The lowest BCUT2D eigenvalue weighted by molar-refractivity contribution is -0.137. The van der Waals surface area contributed by atoms with Crippen molar-refractivity contribution in [2.24, 2.45) is 0 Å². The van der Waals surface area contributed by atoms with E-state index in [0.29, 0.717) is 5.46 Å². The van der Waals surface area contributed by atoms with Crippen LogP contribution in [0.15, 0.2) is 12.1 Å². The van der Waals surface area contributed by atoms with Crippen molar-refractivity contribution in [1.82, 2.24) is 0 Å². The SMILES string of the molecule is C[C@@H]1CCc2c(B3OC(C)(C)C(C)(C)O3)cc(C(F)(F)F)cc21. The molecule has 1 aliphatic heterocycles. The lowest BCUT2D eigenvalue weighted by atomic mass is 9.73. The zero-order valence-electron chi connectivity index (χ0n) is 14.2. The number of fused-ring (bicyclic) bond motifs is 1. The summed E-state index contributed by atoms with van der Waals surface area (Å²) in [5.41, 5.74) is 0.535. The highest BCUT2D eigenvalue weighted by molar-refractivity contribution is 6.62. The molecule has 2 nitrogen and oxygen atoms in total. The quantitative estimate of drug-likeness (QED) is 0.725. The van der Waals surface area contributed by atoms with Crippen LogP contribution in [0.3, 0.4) is 0 Å². The molecule has 0 N–H and O–H groups in total. The summed E-state index contributed by atoms with van der Waals surface area (Å²) in [6.45, 7) is 9.60. The highest BCUT2D eigenvalue weighted by atomic mass is 19.4. The second-order valence-corrected chi connectivity index (χ2v) is 7.66. The molecule has 1 heterocycles. The maximum absolute atomic E-state index is 13.3. The van der Waals surface area contributed by atoms with Crippen LogP contribution in [0.5, 0.6) is 0 Å². The molecule has 1 aromatic rings. The van der Waals surface area contributed by atoms with Crippen molar-refractivity contribution in [3.05, 3.63) is 28.8 Å². The second kappa shape index (κ2) is 4.99. The van der Waals surface area contributed by atoms with Gasteiger partial charge in [0.15, 0.2) is 0 Å². The molecule has 6 heteroatoms. The number of hydrogen-bond acceptors (Lipinski definition) is 2. The fourth-order valence-electron chi connectivity index (χ4n) is 3.31. The summed E-state index contributed by atoms with van der Waals surface area (Å²) in [5, 5.41) is 0. The molecule has 126 valence electrons. The fourth-order valence-corrected chi connectivity index (χ4v) is 3.31. The van der Waals surface area contributed by atoms with Crippen molar-refractivity contribution in [3.63, 3.8) is 0 Å². The normalized spacial score (nSPS) is 25.7. The Bertz CT molecular complexity index is 621. The van der Waals surface area contributed by atoms with Gasteiger partial charge in [-0.15, -0.1) is 0 Å². The van der Waals surface area contributed by atoms with Crippen molar-refractivity contribution in [1.29, 1.82) is 0 Å². The van der Waals surface area contributed by atoms with Crippen molar-refractivity contribution in [2.75, 3.05) is 0 Å². The number of halogens is 3. The van der Waals surface area contributed by atoms with Gasteiger partial charge in [0.05, 0.1) is 16.8 Å². The molecule has 1 atom stereocenters. The Morgan fingerprint density at radius 3 is 2.17 bits per heavy atom. The molecule has 0 amide bonds. The van der Waals surface area contributed by atoms with Crippen LogP contribution in [0, 0.1) is 0 Å². The van der Waals surface area contributed by atoms with Gasteiger partial charge in [0.1, 0.15) is 0 Å². The Morgan fingerprint density at radius 1 is 1.09 bits per heavy atom. The van der Waals surface area contributed by atoms with E-state index < -0.39 is 30.1 Å². The lowest BCUT2D eigenvalue weighted by Gasteiger charge is -2.32. The molecular weight excluding hydrogens is 304 g/mol. The summed E-state index contributed by atoms with van der Waals surface area (Å²) in [5.74, 6) is 0.133. The molecular formula is C17H22BF3O2. The van der Waals surface area contributed by atoms with Crippen LogP contribution in [0.2, 0.25) is 0 Å². The topological polar surface area (TPSA) is 18.5 Å². The van der Waals surface area contributed by atoms with E-state index >= 15 is 0 Å². The third-order valence-corrected chi connectivity index (χ3v) is 5.51. The molecule has 1 fully saturated rings. The van der Waals surface area contributed by atoms with E-state index in [9.17, 15) is 13.2 Å². The van der Waals surface area contributed by atoms with Gasteiger partial charge in [0.25, 0.3) is 0 Å². The van der Waals surface area contributed by atoms with Crippen LogP contribution in [0.25, 0.3) is 0 Å². The molecule has 0 unspecified atom stereocenters. The Balaban J connectivity index is 2.10. The van der Waals surface area contributed by atoms with Crippen LogP contribution in [-0.2, 0) is 21.9 Å². The van der Waals surface area contributed by atoms with Crippen LogP contribution < -0.4 is 5.46 Å². The number of hydrogen-bond donors (Lipinski definition) is 0. The van der Waals surface area contributed by atoms with Crippen molar-refractivity contribution < 1.29 is 22.5 Å². The summed E-state index contributed by atoms with van der Waals surface area (Å²) in [6.07, 6.45) is -2.73. The number of benzene rings is 1. The van der Waals surface area contributed by atoms with Gasteiger partial charge in [-0.05, 0) is 75.2 Å². The number of alkyl halides is 3. The van der Waals surface area contributed by atoms with Crippen molar-refractivity contribution in [2.45, 2.75) is 70.8 Å². The van der Waals surface area contributed by atoms with E-state index in [0.717, 1.165) is 24.0 Å². The molecule has 0 saturated carbocycles. The van der Waals surface area contributed by atoms with Gasteiger partial charge in [-0.1, -0.05) is 6.92 Å². The number of rotatable bonds is 1.